The summed E-state index contributed by atoms with van der Waals surface area (Å²) < 4.78 is 89.5. The van der Waals surface area contributed by atoms with Gasteiger partial charge in [-0.05, 0) is 54.6 Å². The van der Waals surface area contributed by atoms with Gasteiger partial charge >= 0.3 is 0 Å². The highest BCUT2D eigenvalue weighted by atomic mass is 32.2. The van der Waals surface area contributed by atoms with Gasteiger partial charge in [-0.1, -0.05) is 6.07 Å². The molecular formula is C19H14F3N3O5S2. The number of hydrogen-bond donors (Lipinski definition) is 3. The number of carbonyl (C=O) groups excluding carboxylic acids is 1. The zero-order valence-corrected chi connectivity index (χ0v) is 17.5. The highest BCUT2D eigenvalue weighted by Gasteiger charge is 2.24. The lowest BCUT2D eigenvalue weighted by atomic mass is 10.2. The monoisotopic (exact) mass is 485 g/mol. The normalized spacial score (nSPS) is 11.8. The van der Waals surface area contributed by atoms with E-state index in [1.165, 1.54) is 42.5 Å². The molecule has 168 valence electrons. The van der Waals surface area contributed by atoms with Crippen LogP contribution in [0.15, 0.2) is 70.5 Å². The van der Waals surface area contributed by atoms with E-state index in [-0.39, 0.29) is 21.8 Å². The molecule has 0 spiro atoms. The molecule has 0 atom stereocenters. The van der Waals surface area contributed by atoms with Crippen LogP contribution in [0, 0.1) is 17.5 Å². The summed E-state index contributed by atoms with van der Waals surface area (Å²) in [5, 5.41) is 7.50. The van der Waals surface area contributed by atoms with Gasteiger partial charge in [0.1, 0.15) is 4.90 Å². The standard InChI is InChI=1S/C19H14F3N3O5S2/c20-15-8-9-16(18(22)17(15)21)32(29,30)25-12-6-4-11(5-7-12)19(26)24-13-2-1-3-14(10-13)31(23,27)28/h1-10,25H,(H,24,26)(H2,23,27,28). The first kappa shape index (κ1) is 23.2. The van der Waals surface area contributed by atoms with Crippen LogP contribution < -0.4 is 15.2 Å². The molecule has 0 saturated carbocycles. The van der Waals surface area contributed by atoms with Crippen LogP contribution in [0.3, 0.4) is 0 Å². The van der Waals surface area contributed by atoms with Crippen LogP contribution in [0.4, 0.5) is 24.5 Å². The predicted molar refractivity (Wildman–Crippen MR) is 109 cm³/mol. The number of amides is 1. The Bertz CT molecular complexity index is 1410. The fraction of sp³-hybridized carbons (Fsp3) is 0. The van der Waals surface area contributed by atoms with Crippen LogP contribution in [0.25, 0.3) is 0 Å². The van der Waals surface area contributed by atoms with Gasteiger partial charge in [-0.25, -0.2) is 35.1 Å². The zero-order chi connectivity index (χ0) is 23.7. The Morgan fingerprint density at radius 2 is 1.47 bits per heavy atom. The Kier molecular flexibility index (Phi) is 6.25. The number of nitrogens with two attached hydrogens (primary N) is 1. The van der Waals surface area contributed by atoms with Gasteiger partial charge in [0.25, 0.3) is 15.9 Å². The van der Waals surface area contributed by atoms with Gasteiger partial charge in [-0.3, -0.25) is 9.52 Å². The van der Waals surface area contributed by atoms with Crippen LogP contribution in [0.5, 0.6) is 0 Å². The number of primary sulfonamides is 1. The third-order valence-electron chi connectivity index (χ3n) is 4.11. The molecule has 0 bridgehead atoms. The van der Waals surface area contributed by atoms with E-state index in [9.17, 15) is 34.8 Å². The molecule has 3 aromatic rings. The largest absolute Gasteiger partial charge is 0.322 e. The van der Waals surface area contributed by atoms with Crippen molar-refractivity contribution in [2.75, 3.05) is 10.0 Å². The van der Waals surface area contributed by atoms with Crippen molar-refractivity contribution in [1.82, 2.24) is 0 Å². The number of rotatable bonds is 6. The third kappa shape index (κ3) is 5.07. The van der Waals surface area contributed by atoms with E-state index in [0.717, 1.165) is 6.07 Å². The highest BCUT2D eigenvalue weighted by molar-refractivity contribution is 7.92. The second-order valence-corrected chi connectivity index (χ2v) is 9.60. The summed E-state index contributed by atoms with van der Waals surface area (Å²) in [4.78, 5) is 11.1. The minimum Gasteiger partial charge on any atom is -0.322 e. The summed E-state index contributed by atoms with van der Waals surface area (Å²) >= 11 is 0. The third-order valence-corrected chi connectivity index (χ3v) is 6.42. The first-order chi connectivity index (χ1) is 14.9. The second kappa shape index (κ2) is 8.61. The molecule has 3 aromatic carbocycles. The van der Waals surface area contributed by atoms with Gasteiger partial charge in [0, 0.05) is 16.9 Å². The lowest BCUT2D eigenvalue weighted by molar-refractivity contribution is 0.102. The van der Waals surface area contributed by atoms with Crippen molar-refractivity contribution in [2.24, 2.45) is 5.14 Å². The molecule has 4 N–H and O–H groups in total. The first-order valence-corrected chi connectivity index (χ1v) is 11.6. The van der Waals surface area contributed by atoms with Crippen molar-refractivity contribution < 1.29 is 34.8 Å². The number of halogens is 3. The van der Waals surface area contributed by atoms with Crippen molar-refractivity contribution in [3.05, 3.63) is 83.7 Å². The average Bonchev–Trinajstić information content (AvgIpc) is 2.71. The molecule has 3 rings (SSSR count). The number of benzene rings is 3. The number of nitrogens with one attached hydrogen (secondary N) is 2. The summed E-state index contributed by atoms with van der Waals surface area (Å²) in [6.45, 7) is 0. The van der Waals surface area contributed by atoms with Crippen molar-refractivity contribution in [2.45, 2.75) is 9.79 Å². The second-order valence-electron chi connectivity index (χ2n) is 6.38. The van der Waals surface area contributed by atoms with E-state index in [0.29, 0.717) is 12.1 Å². The Hall–Kier alpha value is -3.42. The van der Waals surface area contributed by atoms with Crippen molar-refractivity contribution in [3.63, 3.8) is 0 Å². The van der Waals surface area contributed by atoms with E-state index < -0.39 is 48.3 Å². The molecule has 0 heterocycles. The summed E-state index contributed by atoms with van der Waals surface area (Å²) in [6, 6.07) is 11.1. The lowest BCUT2D eigenvalue weighted by Crippen LogP contribution is -2.16. The van der Waals surface area contributed by atoms with Gasteiger partial charge in [-0.15, -0.1) is 0 Å². The molecule has 8 nitrogen and oxygen atoms in total. The van der Waals surface area contributed by atoms with Crippen molar-refractivity contribution in [3.8, 4) is 0 Å². The highest BCUT2D eigenvalue weighted by Crippen LogP contribution is 2.23. The minimum absolute atomic E-state index is 0.0768. The molecule has 13 heteroatoms. The molecule has 0 aromatic heterocycles. The molecule has 0 aliphatic heterocycles. The average molecular weight is 485 g/mol. The number of carbonyl (C=O) groups is 1. The van der Waals surface area contributed by atoms with Gasteiger partial charge in [0.15, 0.2) is 17.5 Å². The van der Waals surface area contributed by atoms with E-state index >= 15 is 0 Å². The number of hydrogen-bond acceptors (Lipinski definition) is 5. The van der Waals surface area contributed by atoms with E-state index in [4.69, 9.17) is 5.14 Å². The maximum absolute atomic E-state index is 13.8. The number of sulfonamides is 2. The molecule has 32 heavy (non-hydrogen) atoms. The van der Waals surface area contributed by atoms with E-state index in [1.807, 2.05) is 4.72 Å². The Balaban J connectivity index is 1.77. The zero-order valence-electron chi connectivity index (χ0n) is 15.8. The SMILES string of the molecule is NS(=O)(=O)c1cccc(NC(=O)c2ccc(NS(=O)(=O)c3ccc(F)c(F)c3F)cc2)c1. The van der Waals surface area contributed by atoms with Gasteiger partial charge in [0.2, 0.25) is 10.0 Å². The number of anilines is 2. The maximum atomic E-state index is 13.8. The quantitative estimate of drug-likeness (QED) is 0.462. The van der Waals surface area contributed by atoms with Crippen LogP contribution in [0.2, 0.25) is 0 Å². The molecular weight excluding hydrogens is 471 g/mol. The fourth-order valence-corrected chi connectivity index (χ4v) is 4.26. The molecule has 0 unspecified atom stereocenters. The Morgan fingerprint density at radius 1 is 0.812 bits per heavy atom. The first-order valence-electron chi connectivity index (χ1n) is 8.59. The fourth-order valence-electron chi connectivity index (χ4n) is 2.57. The molecule has 1 amide bonds. The molecule has 0 aliphatic carbocycles. The van der Waals surface area contributed by atoms with Crippen LogP contribution in [0.1, 0.15) is 10.4 Å². The maximum Gasteiger partial charge on any atom is 0.264 e. The Morgan fingerprint density at radius 3 is 2.09 bits per heavy atom. The summed E-state index contributed by atoms with van der Waals surface area (Å²) in [5.74, 6) is -5.97. The molecule has 0 aliphatic rings. The van der Waals surface area contributed by atoms with Gasteiger partial charge in [-0.2, -0.15) is 0 Å². The molecule has 0 fully saturated rings. The lowest BCUT2D eigenvalue weighted by Gasteiger charge is -2.10. The molecule has 0 saturated heterocycles. The van der Waals surface area contributed by atoms with Crippen LogP contribution in [-0.2, 0) is 20.0 Å². The minimum atomic E-state index is -4.58. The van der Waals surface area contributed by atoms with Gasteiger partial charge in [0.05, 0.1) is 4.90 Å². The van der Waals surface area contributed by atoms with Crippen LogP contribution in [-0.4, -0.2) is 22.7 Å². The van der Waals surface area contributed by atoms with Gasteiger partial charge < -0.3 is 5.32 Å². The van der Waals surface area contributed by atoms with Crippen molar-refractivity contribution in [1.29, 1.82) is 0 Å². The topological polar surface area (TPSA) is 135 Å². The summed E-state index contributed by atoms with van der Waals surface area (Å²) in [7, 11) is -8.55. The van der Waals surface area contributed by atoms with E-state index in [2.05, 4.69) is 5.32 Å². The van der Waals surface area contributed by atoms with Crippen molar-refractivity contribution >= 4 is 37.3 Å². The van der Waals surface area contributed by atoms with E-state index in [1.54, 1.807) is 0 Å². The van der Waals surface area contributed by atoms with Crippen LogP contribution >= 0.6 is 0 Å². The predicted octanol–water partition coefficient (Wildman–Crippen LogP) is 2.80. The smallest absolute Gasteiger partial charge is 0.264 e. The summed E-state index contributed by atoms with van der Waals surface area (Å²) in [6.07, 6.45) is 0. The Labute approximate surface area is 181 Å². The molecule has 0 radical (unpaired) electrons. The summed E-state index contributed by atoms with van der Waals surface area (Å²) in [5.41, 5.74) is 0.148.